The second-order valence-electron chi connectivity index (χ2n) is 4.21. The average Bonchev–Trinajstić information content (AvgIpc) is 2.39. The molecule has 0 radical (unpaired) electrons. The number of hydrogen-bond acceptors (Lipinski definition) is 4. The smallest absolute Gasteiger partial charge is 0.309 e. The van der Waals surface area contributed by atoms with Crippen molar-refractivity contribution in [2.45, 2.75) is 19.8 Å². The van der Waals surface area contributed by atoms with Gasteiger partial charge in [-0.1, -0.05) is 5.92 Å². The highest BCUT2D eigenvalue weighted by Gasteiger charge is 2.27. The van der Waals surface area contributed by atoms with Crippen LogP contribution in [-0.2, 0) is 14.3 Å². The maximum absolute atomic E-state index is 11.8. The van der Waals surface area contributed by atoms with Gasteiger partial charge >= 0.3 is 5.97 Å². The lowest BCUT2D eigenvalue weighted by Gasteiger charge is -2.30. The second kappa shape index (κ2) is 7.72. The lowest BCUT2D eigenvalue weighted by molar-refractivity contribution is -0.151. The quantitative estimate of drug-likeness (QED) is 0.425. The summed E-state index contributed by atoms with van der Waals surface area (Å²) in [6.07, 6.45) is 6.44. The van der Waals surface area contributed by atoms with E-state index in [-0.39, 0.29) is 24.3 Å². The van der Waals surface area contributed by atoms with Gasteiger partial charge in [-0.15, -0.1) is 6.42 Å². The van der Waals surface area contributed by atoms with Gasteiger partial charge in [0.05, 0.1) is 25.6 Å². The molecule has 1 aliphatic rings. The van der Waals surface area contributed by atoms with Crippen molar-refractivity contribution in [3.8, 4) is 12.3 Å². The number of carbonyl (C=O) groups is 2. The number of esters is 1. The highest BCUT2D eigenvalue weighted by atomic mass is 16.5. The van der Waals surface area contributed by atoms with E-state index in [9.17, 15) is 9.59 Å². The third-order valence-electron chi connectivity index (χ3n) is 2.97. The molecule has 1 fully saturated rings. The number of amides is 1. The fraction of sp³-hybridized carbons (Fsp3) is 0.692. The van der Waals surface area contributed by atoms with Crippen molar-refractivity contribution in [2.75, 3.05) is 32.8 Å². The highest BCUT2D eigenvalue weighted by molar-refractivity contribution is 5.79. The number of ether oxygens (including phenoxy) is 1. The van der Waals surface area contributed by atoms with E-state index in [1.165, 1.54) is 0 Å². The molecular weight excluding hydrogens is 232 g/mol. The van der Waals surface area contributed by atoms with E-state index in [1.54, 1.807) is 11.8 Å². The number of hydrogen-bond donors (Lipinski definition) is 1. The number of piperidine rings is 1. The molecule has 0 unspecified atom stereocenters. The minimum Gasteiger partial charge on any atom is -0.466 e. The summed E-state index contributed by atoms with van der Waals surface area (Å²) >= 11 is 0. The minimum absolute atomic E-state index is 0.0348. The van der Waals surface area contributed by atoms with Gasteiger partial charge < -0.3 is 9.64 Å². The zero-order valence-electron chi connectivity index (χ0n) is 10.8. The SMILES string of the molecule is C#CCNCC(=O)N1CCC(C(=O)OCC)CC1. The standard InChI is InChI=1S/C13H20N2O3/c1-3-7-14-10-12(16)15-8-5-11(6-9-15)13(17)18-4-2/h1,11,14H,4-10H2,2H3. The zero-order valence-corrected chi connectivity index (χ0v) is 10.8. The van der Waals surface area contributed by atoms with Gasteiger partial charge in [0.2, 0.25) is 5.91 Å². The van der Waals surface area contributed by atoms with Crippen LogP contribution in [0.5, 0.6) is 0 Å². The molecule has 100 valence electrons. The van der Waals surface area contributed by atoms with Crippen molar-refractivity contribution < 1.29 is 14.3 Å². The van der Waals surface area contributed by atoms with Gasteiger partial charge in [0, 0.05) is 13.1 Å². The van der Waals surface area contributed by atoms with E-state index >= 15 is 0 Å². The Bertz CT molecular complexity index is 328. The number of rotatable bonds is 5. The van der Waals surface area contributed by atoms with E-state index in [1.807, 2.05) is 0 Å². The molecule has 1 rings (SSSR count). The molecular formula is C13H20N2O3. The Hall–Kier alpha value is -1.54. The molecule has 5 heteroatoms. The molecule has 18 heavy (non-hydrogen) atoms. The fourth-order valence-corrected chi connectivity index (χ4v) is 1.98. The molecule has 0 bridgehead atoms. The van der Waals surface area contributed by atoms with Crippen LogP contribution < -0.4 is 5.32 Å². The maximum atomic E-state index is 11.8. The first-order valence-electron chi connectivity index (χ1n) is 6.27. The first-order chi connectivity index (χ1) is 8.69. The summed E-state index contributed by atoms with van der Waals surface area (Å²) in [5.41, 5.74) is 0. The molecule has 1 heterocycles. The summed E-state index contributed by atoms with van der Waals surface area (Å²) in [6, 6.07) is 0. The first-order valence-corrected chi connectivity index (χ1v) is 6.27. The topological polar surface area (TPSA) is 58.6 Å². The van der Waals surface area contributed by atoms with Crippen LogP contribution >= 0.6 is 0 Å². The molecule has 0 atom stereocenters. The number of likely N-dealkylation sites (tertiary alicyclic amines) is 1. The van der Waals surface area contributed by atoms with Crippen LogP contribution in [0.15, 0.2) is 0 Å². The Kier molecular flexibility index (Phi) is 6.23. The third kappa shape index (κ3) is 4.38. The van der Waals surface area contributed by atoms with Crippen LogP contribution in [0, 0.1) is 18.3 Å². The second-order valence-corrected chi connectivity index (χ2v) is 4.21. The van der Waals surface area contributed by atoms with Gasteiger partial charge in [0.15, 0.2) is 0 Å². The molecule has 1 aliphatic heterocycles. The largest absolute Gasteiger partial charge is 0.466 e. The molecule has 1 amide bonds. The number of terminal acetylenes is 1. The van der Waals surface area contributed by atoms with Crippen LogP contribution in [0.1, 0.15) is 19.8 Å². The van der Waals surface area contributed by atoms with Crippen molar-refractivity contribution in [1.29, 1.82) is 0 Å². The van der Waals surface area contributed by atoms with Gasteiger partial charge in [-0.05, 0) is 19.8 Å². The maximum Gasteiger partial charge on any atom is 0.309 e. The summed E-state index contributed by atoms with van der Waals surface area (Å²) < 4.78 is 4.98. The van der Waals surface area contributed by atoms with Crippen molar-refractivity contribution in [2.24, 2.45) is 5.92 Å². The van der Waals surface area contributed by atoms with Crippen LogP contribution in [0.2, 0.25) is 0 Å². The normalized spacial score (nSPS) is 16.1. The summed E-state index contributed by atoms with van der Waals surface area (Å²) in [4.78, 5) is 25.0. The Balaban J connectivity index is 2.28. The molecule has 0 aromatic heterocycles. The van der Waals surface area contributed by atoms with Crippen molar-refractivity contribution in [3.05, 3.63) is 0 Å². The number of nitrogens with one attached hydrogen (secondary N) is 1. The minimum atomic E-state index is -0.143. The highest BCUT2D eigenvalue weighted by Crippen LogP contribution is 2.18. The molecule has 0 aromatic carbocycles. The van der Waals surface area contributed by atoms with E-state index < -0.39 is 0 Å². The van der Waals surface area contributed by atoms with Gasteiger partial charge in [-0.25, -0.2) is 0 Å². The zero-order chi connectivity index (χ0) is 13.4. The van der Waals surface area contributed by atoms with E-state index in [2.05, 4.69) is 11.2 Å². The number of carbonyl (C=O) groups excluding carboxylic acids is 2. The van der Waals surface area contributed by atoms with Crippen LogP contribution in [0.3, 0.4) is 0 Å². The predicted octanol–water partition coefficient (Wildman–Crippen LogP) is 0.0109. The van der Waals surface area contributed by atoms with Crippen molar-refractivity contribution in [1.82, 2.24) is 10.2 Å². The Morgan fingerprint density at radius 3 is 2.67 bits per heavy atom. The summed E-state index contributed by atoms with van der Waals surface area (Å²) in [7, 11) is 0. The molecule has 0 spiro atoms. The fourth-order valence-electron chi connectivity index (χ4n) is 1.98. The first kappa shape index (κ1) is 14.5. The van der Waals surface area contributed by atoms with E-state index in [0.29, 0.717) is 39.1 Å². The third-order valence-corrected chi connectivity index (χ3v) is 2.97. The summed E-state index contributed by atoms with van der Waals surface area (Å²) in [5, 5.41) is 2.87. The molecule has 0 saturated carbocycles. The van der Waals surface area contributed by atoms with Crippen LogP contribution in [-0.4, -0.2) is 49.6 Å². The molecule has 0 aromatic rings. The summed E-state index contributed by atoms with van der Waals surface area (Å²) in [6.45, 7) is 4.08. The monoisotopic (exact) mass is 252 g/mol. The van der Waals surface area contributed by atoms with Gasteiger partial charge in [0.1, 0.15) is 0 Å². The van der Waals surface area contributed by atoms with Gasteiger partial charge in [-0.2, -0.15) is 0 Å². The van der Waals surface area contributed by atoms with E-state index in [0.717, 1.165) is 0 Å². The Labute approximate surface area is 108 Å². The lowest BCUT2D eigenvalue weighted by atomic mass is 9.97. The molecule has 5 nitrogen and oxygen atoms in total. The van der Waals surface area contributed by atoms with Crippen LogP contribution in [0.25, 0.3) is 0 Å². The van der Waals surface area contributed by atoms with Crippen LogP contribution in [0.4, 0.5) is 0 Å². The average molecular weight is 252 g/mol. The van der Waals surface area contributed by atoms with Gasteiger partial charge in [0.25, 0.3) is 0 Å². The van der Waals surface area contributed by atoms with E-state index in [4.69, 9.17) is 11.2 Å². The molecule has 1 N–H and O–H groups in total. The molecule has 0 aliphatic carbocycles. The van der Waals surface area contributed by atoms with Crippen molar-refractivity contribution >= 4 is 11.9 Å². The molecule has 1 saturated heterocycles. The Morgan fingerprint density at radius 2 is 2.11 bits per heavy atom. The van der Waals surface area contributed by atoms with Crippen molar-refractivity contribution in [3.63, 3.8) is 0 Å². The summed E-state index contributed by atoms with van der Waals surface area (Å²) in [5.74, 6) is 2.25. The Morgan fingerprint density at radius 1 is 1.44 bits per heavy atom. The predicted molar refractivity (Wildman–Crippen MR) is 67.6 cm³/mol. The number of nitrogens with zero attached hydrogens (tertiary/aromatic N) is 1. The van der Waals surface area contributed by atoms with Gasteiger partial charge in [-0.3, -0.25) is 14.9 Å². The lowest BCUT2D eigenvalue weighted by Crippen LogP contribution is -2.44.